The van der Waals surface area contributed by atoms with Crippen molar-refractivity contribution < 1.29 is 0 Å². The second kappa shape index (κ2) is 5.63. The normalized spacial score (nSPS) is 12.9. The van der Waals surface area contributed by atoms with E-state index in [1.165, 1.54) is 15.1 Å². The molecule has 0 saturated carbocycles. The van der Waals surface area contributed by atoms with Gasteiger partial charge in [0, 0.05) is 27.5 Å². The Hall–Kier alpha value is -0.870. The van der Waals surface area contributed by atoms with E-state index in [1.807, 2.05) is 6.07 Å². The van der Waals surface area contributed by atoms with Crippen molar-refractivity contribution in [2.24, 2.45) is 0 Å². The number of rotatable bonds is 4. The molecule has 98 valence electrons. The first-order chi connectivity index (χ1) is 9.25. The van der Waals surface area contributed by atoms with Crippen LogP contribution in [0.15, 0.2) is 41.1 Å². The summed E-state index contributed by atoms with van der Waals surface area (Å²) in [4.78, 5) is 1.21. The van der Waals surface area contributed by atoms with Crippen molar-refractivity contribution in [2.45, 2.75) is 19.5 Å². The van der Waals surface area contributed by atoms with Crippen molar-refractivity contribution in [1.29, 1.82) is 0 Å². The summed E-state index contributed by atoms with van der Waals surface area (Å²) >= 11 is 9.94. The summed E-state index contributed by atoms with van der Waals surface area (Å²) in [6.45, 7) is 3.00. The molecule has 1 nitrogen and oxygen atoms in total. The van der Waals surface area contributed by atoms with Gasteiger partial charge in [0.1, 0.15) is 0 Å². The van der Waals surface area contributed by atoms with Crippen LogP contribution in [0.4, 0.5) is 0 Å². The molecular weight excluding hydrogens is 294 g/mol. The summed E-state index contributed by atoms with van der Waals surface area (Å²) in [5.41, 5.74) is 1.34. The summed E-state index contributed by atoms with van der Waals surface area (Å²) < 4.78 is 1.26. The largest absolute Gasteiger partial charge is 0.305 e. The fourth-order valence-corrected chi connectivity index (χ4v) is 4.27. The molecule has 0 radical (unpaired) electrons. The quantitative estimate of drug-likeness (QED) is 0.674. The Morgan fingerprint density at radius 3 is 2.84 bits per heavy atom. The van der Waals surface area contributed by atoms with E-state index in [-0.39, 0.29) is 0 Å². The van der Waals surface area contributed by atoms with Gasteiger partial charge in [-0.25, -0.2) is 0 Å². The molecule has 0 spiro atoms. The molecule has 0 bridgehead atoms. The lowest BCUT2D eigenvalue weighted by Gasteiger charge is -2.11. The fourth-order valence-electron chi connectivity index (χ4n) is 2.06. The molecule has 0 aliphatic heterocycles. The molecule has 1 unspecified atom stereocenters. The Morgan fingerprint density at radius 2 is 2.11 bits per heavy atom. The van der Waals surface area contributed by atoms with Crippen LogP contribution in [-0.2, 0) is 6.54 Å². The van der Waals surface area contributed by atoms with Gasteiger partial charge < -0.3 is 5.32 Å². The standard InChI is InChI=1S/C15H14ClNS2/c1-10(11-6-7-18-9-11)17-8-14-15(16)12-4-2-3-5-13(12)19-14/h2-7,9-10,17H,8H2,1H3. The van der Waals surface area contributed by atoms with Crippen LogP contribution in [0, 0.1) is 0 Å². The first kappa shape index (κ1) is 13.1. The average molecular weight is 308 g/mol. The Morgan fingerprint density at radius 1 is 1.26 bits per heavy atom. The summed E-state index contributed by atoms with van der Waals surface area (Å²) in [5.74, 6) is 0. The van der Waals surface area contributed by atoms with Gasteiger partial charge in [-0.2, -0.15) is 11.3 Å². The summed E-state index contributed by atoms with van der Waals surface area (Å²) in [7, 11) is 0. The molecule has 3 rings (SSSR count). The number of benzene rings is 1. The first-order valence-electron chi connectivity index (χ1n) is 6.17. The van der Waals surface area contributed by atoms with Gasteiger partial charge >= 0.3 is 0 Å². The molecule has 2 heterocycles. The van der Waals surface area contributed by atoms with Gasteiger partial charge in [0.05, 0.1) is 5.02 Å². The smallest absolute Gasteiger partial charge is 0.0636 e. The van der Waals surface area contributed by atoms with Crippen LogP contribution in [0.2, 0.25) is 5.02 Å². The number of hydrogen-bond donors (Lipinski definition) is 1. The maximum atomic E-state index is 6.44. The molecule has 0 saturated heterocycles. The number of fused-ring (bicyclic) bond motifs is 1. The molecule has 0 aliphatic rings. The predicted molar refractivity (Wildman–Crippen MR) is 86.4 cm³/mol. The van der Waals surface area contributed by atoms with E-state index in [2.05, 4.69) is 47.3 Å². The molecule has 19 heavy (non-hydrogen) atoms. The van der Waals surface area contributed by atoms with Gasteiger partial charge in [-0.05, 0) is 35.4 Å². The molecule has 3 aromatic rings. The maximum absolute atomic E-state index is 6.44. The molecule has 2 aromatic heterocycles. The van der Waals surface area contributed by atoms with E-state index >= 15 is 0 Å². The average Bonchev–Trinajstić information content (AvgIpc) is 3.05. The van der Waals surface area contributed by atoms with Crippen molar-refractivity contribution in [2.75, 3.05) is 0 Å². The molecule has 0 aliphatic carbocycles. The van der Waals surface area contributed by atoms with E-state index in [1.54, 1.807) is 22.7 Å². The highest BCUT2D eigenvalue weighted by atomic mass is 35.5. The summed E-state index contributed by atoms with van der Waals surface area (Å²) in [6, 6.07) is 10.8. The molecule has 1 N–H and O–H groups in total. The van der Waals surface area contributed by atoms with Crippen molar-refractivity contribution in [3.63, 3.8) is 0 Å². The van der Waals surface area contributed by atoms with Crippen LogP contribution < -0.4 is 5.32 Å². The van der Waals surface area contributed by atoms with E-state index in [4.69, 9.17) is 11.6 Å². The minimum atomic E-state index is 0.354. The van der Waals surface area contributed by atoms with Gasteiger partial charge in [0.25, 0.3) is 0 Å². The van der Waals surface area contributed by atoms with Crippen LogP contribution >= 0.6 is 34.3 Å². The number of halogens is 1. The molecule has 0 fully saturated rings. The third-order valence-corrected chi connectivity index (χ3v) is 5.63. The lowest BCUT2D eigenvalue weighted by Crippen LogP contribution is -2.16. The third kappa shape index (κ3) is 2.70. The minimum Gasteiger partial charge on any atom is -0.305 e. The van der Waals surface area contributed by atoms with Crippen LogP contribution in [0.1, 0.15) is 23.4 Å². The number of nitrogens with one attached hydrogen (secondary N) is 1. The molecule has 1 aromatic carbocycles. The van der Waals surface area contributed by atoms with Crippen molar-refractivity contribution in [3.05, 3.63) is 56.6 Å². The Labute approximate surface area is 125 Å². The van der Waals surface area contributed by atoms with Gasteiger partial charge in [0.2, 0.25) is 0 Å². The van der Waals surface area contributed by atoms with Crippen molar-refractivity contribution in [3.8, 4) is 0 Å². The number of hydrogen-bond acceptors (Lipinski definition) is 3. The second-order valence-electron chi connectivity index (χ2n) is 4.49. The van der Waals surface area contributed by atoms with E-state index in [0.29, 0.717) is 6.04 Å². The first-order valence-corrected chi connectivity index (χ1v) is 8.31. The fraction of sp³-hybridized carbons (Fsp3) is 0.200. The van der Waals surface area contributed by atoms with Crippen molar-refractivity contribution >= 4 is 44.4 Å². The second-order valence-corrected chi connectivity index (χ2v) is 6.79. The summed E-state index contributed by atoms with van der Waals surface area (Å²) in [6.07, 6.45) is 0. The van der Waals surface area contributed by atoms with E-state index in [9.17, 15) is 0 Å². The zero-order valence-electron chi connectivity index (χ0n) is 10.5. The van der Waals surface area contributed by atoms with Gasteiger partial charge in [-0.15, -0.1) is 11.3 Å². The zero-order chi connectivity index (χ0) is 13.2. The minimum absolute atomic E-state index is 0.354. The summed E-state index contributed by atoms with van der Waals surface area (Å²) in [5, 5.41) is 9.89. The molecular formula is C15H14ClNS2. The highest BCUT2D eigenvalue weighted by Crippen LogP contribution is 2.35. The SMILES string of the molecule is CC(NCc1sc2ccccc2c1Cl)c1ccsc1. The zero-order valence-corrected chi connectivity index (χ0v) is 12.9. The van der Waals surface area contributed by atoms with Gasteiger partial charge in [0.15, 0.2) is 0 Å². The Kier molecular flexibility index (Phi) is 3.89. The highest BCUT2D eigenvalue weighted by Gasteiger charge is 2.11. The highest BCUT2D eigenvalue weighted by molar-refractivity contribution is 7.19. The van der Waals surface area contributed by atoms with E-state index < -0.39 is 0 Å². The Bertz CT molecular complexity index is 673. The van der Waals surface area contributed by atoms with Crippen LogP contribution in [0.3, 0.4) is 0 Å². The van der Waals surface area contributed by atoms with Crippen LogP contribution in [0.5, 0.6) is 0 Å². The maximum Gasteiger partial charge on any atom is 0.0636 e. The topological polar surface area (TPSA) is 12.0 Å². The lowest BCUT2D eigenvalue weighted by atomic mass is 10.2. The predicted octanol–water partition coefficient (Wildman–Crippen LogP) is 5.47. The van der Waals surface area contributed by atoms with Gasteiger partial charge in [-0.3, -0.25) is 0 Å². The van der Waals surface area contributed by atoms with Crippen LogP contribution in [0.25, 0.3) is 10.1 Å². The Balaban J connectivity index is 1.77. The van der Waals surface area contributed by atoms with Crippen LogP contribution in [-0.4, -0.2) is 0 Å². The van der Waals surface area contributed by atoms with Gasteiger partial charge in [-0.1, -0.05) is 29.8 Å². The number of thiophene rings is 2. The van der Waals surface area contributed by atoms with Crippen molar-refractivity contribution in [1.82, 2.24) is 5.32 Å². The third-order valence-electron chi connectivity index (χ3n) is 3.21. The van der Waals surface area contributed by atoms with E-state index in [0.717, 1.165) is 17.0 Å². The molecule has 4 heteroatoms. The monoisotopic (exact) mass is 307 g/mol. The lowest BCUT2D eigenvalue weighted by molar-refractivity contribution is 0.580. The molecule has 0 amide bonds. The molecule has 1 atom stereocenters.